The molecule has 4 aliphatic carbocycles. The molecule has 7 heteroatoms. The van der Waals surface area contributed by atoms with Crippen LogP contribution in [0.5, 0.6) is 0 Å². The number of aryl methyl sites for hydroxylation is 3. The third-order valence-electron chi connectivity index (χ3n) is 14.5. The van der Waals surface area contributed by atoms with Crippen molar-refractivity contribution < 1.29 is 24.9 Å². The Kier molecular flexibility index (Phi) is 10.4. The SMILES string of the molecule is CC(=O)c1c(NCc2ccc(CC[C@H]3CC[C@@]4(C)C(C3)C[C@@H](O)C3C4C[C@H](O)[C@@]4(C)C3CC[C@@H]4[C@H](C)CCC(=O)O)cc2)cc(C)nc1C. The number of ketones is 1. The van der Waals surface area contributed by atoms with Crippen LogP contribution in [0.4, 0.5) is 5.69 Å². The van der Waals surface area contributed by atoms with Gasteiger partial charge in [-0.15, -0.1) is 0 Å². The average molecular weight is 673 g/mol. The minimum atomic E-state index is -0.743. The van der Waals surface area contributed by atoms with Crippen LogP contribution in [0.3, 0.4) is 0 Å². The van der Waals surface area contributed by atoms with Gasteiger partial charge in [-0.05, 0) is 154 Å². The zero-order valence-electron chi connectivity index (χ0n) is 30.7. The summed E-state index contributed by atoms with van der Waals surface area (Å²) in [5, 5.41) is 36.5. The van der Waals surface area contributed by atoms with Crippen LogP contribution < -0.4 is 5.32 Å². The Morgan fingerprint density at radius 1 is 1.00 bits per heavy atom. The normalized spacial score (nSPS) is 35.9. The minimum Gasteiger partial charge on any atom is -0.481 e. The molecule has 49 heavy (non-hydrogen) atoms. The lowest BCUT2D eigenvalue weighted by atomic mass is 9.42. The first-order chi connectivity index (χ1) is 23.2. The van der Waals surface area contributed by atoms with Crippen molar-refractivity contribution in [2.75, 3.05) is 5.32 Å². The Morgan fingerprint density at radius 2 is 1.71 bits per heavy atom. The molecule has 1 heterocycles. The van der Waals surface area contributed by atoms with E-state index in [-0.39, 0.29) is 41.0 Å². The number of carbonyl (C=O) groups is 2. The van der Waals surface area contributed by atoms with E-state index in [0.29, 0.717) is 48.1 Å². The molecule has 11 atom stereocenters. The van der Waals surface area contributed by atoms with Crippen LogP contribution in [-0.4, -0.2) is 44.3 Å². The first-order valence-electron chi connectivity index (χ1n) is 19.1. The number of carboxylic acid groups (broad SMARTS) is 1. The number of aliphatic hydroxyl groups excluding tert-OH is 2. The second-order valence-corrected chi connectivity index (χ2v) is 17.2. The molecule has 1 aromatic carbocycles. The second-order valence-electron chi connectivity index (χ2n) is 17.2. The quantitative estimate of drug-likeness (QED) is 0.178. The van der Waals surface area contributed by atoms with Crippen molar-refractivity contribution in [1.82, 2.24) is 4.98 Å². The van der Waals surface area contributed by atoms with Gasteiger partial charge in [-0.1, -0.05) is 45.0 Å². The number of nitrogens with one attached hydrogen (secondary N) is 1. The number of fused-ring (bicyclic) bond motifs is 5. The van der Waals surface area contributed by atoms with Crippen LogP contribution in [0, 0.1) is 66.1 Å². The molecule has 4 saturated carbocycles. The van der Waals surface area contributed by atoms with E-state index in [1.54, 1.807) is 6.92 Å². The van der Waals surface area contributed by atoms with E-state index in [1.165, 1.54) is 24.0 Å². The van der Waals surface area contributed by atoms with E-state index in [9.17, 15) is 24.9 Å². The number of aliphatic carboxylic acids is 1. The van der Waals surface area contributed by atoms with E-state index in [2.05, 4.69) is 55.3 Å². The standard InChI is InChI=1S/C42H60N2O5/c1-24(7-16-38(48)49)32-14-15-33-40-34(22-37(47)42(32,33)6)41(5)18-17-29(20-31(41)21-36(40)46)11-8-28-9-12-30(13-10-28)23-43-35-19-25(2)44-26(3)39(35)27(4)45/h9-10,12-13,19,24,29,31-34,36-37,40,46-47H,7-8,11,14-18,20-23H2,1-6H3,(H,43,44)(H,48,49)/t24-,29+,31?,32-,33?,34?,36-,37+,40?,41+,42-/m1/s1. The highest BCUT2D eigenvalue weighted by Crippen LogP contribution is 2.68. The number of pyridine rings is 1. The largest absolute Gasteiger partial charge is 0.481 e. The zero-order valence-corrected chi connectivity index (χ0v) is 30.7. The first-order valence-corrected chi connectivity index (χ1v) is 19.1. The molecule has 1 aromatic heterocycles. The van der Waals surface area contributed by atoms with Gasteiger partial charge in [0.05, 0.1) is 23.5 Å². The molecule has 7 nitrogen and oxygen atoms in total. The first kappa shape index (κ1) is 36.0. The number of aliphatic hydroxyl groups is 2. The summed E-state index contributed by atoms with van der Waals surface area (Å²) < 4.78 is 0. The Hall–Kier alpha value is -2.77. The molecule has 0 amide bonds. The Labute approximate surface area is 293 Å². The summed E-state index contributed by atoms with van der Waals surface area (Å²) in [6.07, 6.45) is 9.59. The summed E-state index contributed by atoms with van der Waals surface area (Å²) in [5.74, 6) is 1.86. The number of carboxylic acids is 1. The fourth-order valence-corrected chi connectivity index (χ4v) is 11.9. The maximum atomic E-state index is 12.2. The van der Waals surface area contributed by atoms with Gasteiger partial charge >= 0.3 is 5.97 Å². The van der Waals surface area contributed by atoms with Gasteiger partial charge in [-0.3, -0.25) is 14.6 Å². The number of benzene rings is 1. The maximum Gasteiger partial charge on any atom is 0.303 e. The number of Topliss-reactive ketones (excluding diaryl/α,β-unsaturated/α-hetero) is 1. The summed E-state index contributed by atoms with van der Waals surface area (Å²) in [6, 6.07) is 10.8. The Morgan fingerprint density at radius 3 is 2.41 bits per heavy atom. The van der Waals surface area contributed by atoms with Crippen LogP contribution in [-0.2, 0) is 17.8 Å². The Bertz CT molecular complexity index is 1520. The van der Waals surface area contributed by atoms with Gasteiger partial charge in [0, 0.05) is 24.3 Å². The van der Waals surface area contributed by atoms with E-state index in [0.717, 1.165) is 62.0 Å². The van der Waals surface area contributed by atoms with Gasteiger partial charge in [0.15, 0.2) is 5.78 Å². The molecule has 4 N–H and O–H groups in total. The van der Waals surface area contributed by atoms with Crippen molar-refractivity contribution >= 4 is 17.4 Å². The third kappa shape index (κ3) is 6.83. The van der Waals surface area contributed by atoms with Crippen molar-refractivity contribution in [3.05, 3.63) is 58.4 Å². The van der Waals surface area contributed by atoms with Crippen LogP contribution in [0.2, 0.25) is 0 Å². The fourth-order valence-electron chi connectivity index (χ4n) is 11.9. The molecule has 4 aliphatic rings. The monoisotopic (exact) mass is 672 g/mol. The fraction of sp³-hybridized carbons (Fsp3) is 0.690. The van der Waals surface area contributed by atoms with Gasteiger partial charge in [0.2, 0.25) is 0 Å². The van der Waals surface area contributed by atoms with Gasteiger partial charge < -0.3 is 20.6 Å². The van der Waals surface area contributed by atoms with Crippen LogP contribution in [0.15, 0.2) is 30.3 Å². The number of nitrogens with zero attached hydrogens (tertiary/aromatic N) is 1. The van der Waals surface area contributed by atoms with Crippen molar-refractivity contribution in [1.29, 1.82) is 0 Å². The number of rotatable bonds is 11. The van der Waals surface area contributed by atoms with E-state index < -0.39 is 12.1 Å². The molecule has 4 unspecified atom stereocenters. The van der Waals surface area contributed by atoms with Crippen LogP contribution in [0.25, 0.3) is 0 Å². The lowest BCUT2D eigenvalue weighted by Crippen LogP contribution is -2.62. The zero-order chi connectivity index (χ0) is 35.2. The summed E-state index contributed by atoms with van der Waals surface area (Å²) in [5.41, 5.74) is 5.60. The number of hydrogen-bond acceptors (Lipinski definition) is 6. The lowest BCUT2D eigenvalue weighted by Gasteiger charge is -2.64. The van der Waals surface area contributed by atoms with Gasteiger partial charge in [0.1, 0.15) is 0 Å². The van der Waals surface area contributed by atoms with Gasteiger partial charge in [-0.25, -0.2) is 0 Å². The molecule has 268 valence electrons. The van der Waals surface area contributed by atoms with Gasteiger partial charge in [-0.2, -0.15) is 0 Å². The predicted molar refractivity (Wildman–Crippen MR) is 193 cm³/mol. The third-order valence-corrected chi connectivity index (χ3v) is 14.5. The summed E-state index contributed by atoms with van der Waals surface area (Å²) in [6.45, 7) is 13.0. The second kappa shape index (κ2) is 14.1. The van der Waals surface area contributed by atoms with Crippen molar-refractivity contribution in [3.63, 3.8) is 0 Å². The smallest absolute Gasteiger partial charge is 0.303 e. The predicted octanol–water partition coefficient (Wildman–Crippen LogP) is 8.16. The van der Waals surface area contributed by atoms with Gasteiger partial charge in [0.25, 0.3) is 0 Å². The molecule has 6 rings (SSSR count). The summed E-state index contributed by atoms with van der Waals surface area (Å²) >= 11 is 0. The van der Waals surface area contributed by atoms with E-state index in [1.807, 2.05) is 19.9 Å². The average Bonchev–Trinajstić information content (AvgIpc) is 3.40. The molecule has 4 fully saturated rings. The maximum absolute atomic E-state index is 12.2. The lowest BCUT2D eigenvalue weighted by molar-refractivity contribution is -0.204. The highest BCUT2D eigenvalue weighted by atomic mass is 16.4. The molecule has 0 bridgehead atoms. The molecule has 0 radical (unpaired) electrons. The van der Waals surface area contributed by atoms with E-state index in [4.69, 9.17) is 0 Å². The number of anilines is 1. The van der Waals surface area contributed by atoms with Crippen molar-refractivity contribution in [3.8, 4) is 0 Å². The summed E-state index contributed by atoms with van der Waals surface area (Å²) in [7, 11) is 0. The van der Waals surface area contributed by atoms with Crippen molar-refractivity contribution in [2.24, 2.45) is 52.3 Å². The van der Waals surface area contributed by atoms with Crippen LogP contribution >= 0.6 is 0 Å². The van der Waals surface area contributed by atoms with Crippen molar-refractivity contribution in [2.45, 2.75) is 131 Å². The number of carbonyl (C=O) groups excluding carboxylic acids is 1. The van der Waals surface area contributed by atoms with Crippen LogP contribution in [0.1, 0.15) is 125 Å². The highest BCUT2D eigenvalue weighted by Gasteiger charge is 2.65. The highest BCUT2D eigenvalue weighted by molar-refractivity contribution is 6.00. The minimum absolute atomic E-state index is 0.0242. The molecular formula is C42H60N2O5. The van der Waals surface area contributed by atoms with E-state index >= 15 is 0 Å². The number of aromatic nitrogens is 1. The molecule has 0 saturated heterocycles. The topological polar surface area (TPSA) is 120 Å². The number of hydrogen-bond donors (Lipinski definition) is 4. The molecule has 0 aliphatic heterocycles. The Balaban J connectivity index is 1.05. The molecular weight excluding hydrogens is 612 g/mol. The molecule has 0 spiro atoms. The summed E-state index contributed by atoms with van der Waals surface area (Å²) in [4.78, 5) is 28.0. The molecule has 2 aromatic rings.